The van der Waals surface area contributed by atoms with Gasteiger partial charge in [-0.05, 0) is 44.4 Å². The number of carbonyl (C=O) groups excluding carboxylic acids is 2. The second-order valence-electron chi connectivity index (χ2n) is 10.0. The molecular formula is C27H27FN6O2. The van der Waals surface area contributed by atoms with Gasteiger partial charge in [-0.2, -0.15) is 5.10 Å². The molecule has 0 aliphatic carbocycles. The molecule has 0 atom stereocenters. The van der Waals surface area contributed by atoms with Gasteiger partial charge in [0.2, 0.25) is 5.91 Å². The minimum Gasteiger partial charge on any atom is -0.310 e. The van der Waals surface area contributed by atoms with Gasteiger partial charge in [0.15, 0.2) is 17.3 Å². The summed E-state index contributed by atoms with van der Waals surface area (Å²) >= 11 is 0. The first-order valence-electron chi connectivity index (χ1n) is 12.0. The first-order chi connectivity index (χ1) is 17.2. The molecule has 0 saturated heterocycles. The van der Waals surface area contributed by atoms with Crippen LogP contribution in [0.15, 0.2) is 42.6 Å². The molecule has 1 N–H and O–H groups in total. The molecule has 5 rings (SSSR count). The molecule has 4 aromatic rings. The predicted molar refractivity (Wildman–Crippen MR) is 134 cm³/mol. The van der Waals surface area contributed by atoms with E-state index in [1.807, 2.05) is 6.07 Å². The zero-order valence-corrected chi connectivity index (χ0v) is 20.7. The molecule has 0 spiro atoms. The zero-order valence-electron chi connectivity index (χ0n) is 20.7. The van der Waals surface area contributed by atoms with Crippen molar-refractivity contribution in [2.45, 2.75) is 52.5 Å². The summed E-state index contributed by atoms with van der Waals surface area (Å²) in [6, 6.07) is 10.1. The van der Waals surface area contributed by atoms with Crippen molar-refractivity contribution in [2.24, 2.45) is 5.92 Å². The van der Waals surface area contributed by atoms with E-state index >= 15 is 0 Å². The number of amides is 1. The van der Waals surface area contributed by atoms with E-state index in [-0.39, 0.29) is 35.6 Å². The number of rotatable bonds is 7. The highest BCUT2D eigenvalue weighted by atomic mass is 19.1. The van der Waals surface area contributed by atoms with Gasteiger partial charge in [0.05, 0.1) is 17.3 Å². The van der Waals surface area contributed by atoms with Gasteiger partial charge in [0.25, 0.3) is 0 Å². The average Bonchev–Trinajstić information content (AvgIpc) is 3.32. The van der Waals surface area contributed by atoms with Gasteiger partial charge < -0.3 is 5.32 Å². The fourth-order valence-electron chi connectivity index (χ4n) is 4.44. The summed E-state index contributed by atoms with van der Waals surface area (Å²) in [6.07, 6.45) is 2.66. The SMILES string of the molecule is CC(C)CCC(=O)c1nc(-c2nn(Cc3ccccc3F)c3ncccc23)nc2c1C(C)(C)C(=O)N2. The van der Waals surface area contributed by atoms with Crippen LogP contribution >= 0.6 is 0 Å². The number of hydrogen-bond donors (Lipinski definition) is 1. The van der Waals surface area contributed by atoms with E-state index < -0.39 is 5.41 Å². The molecule has 1 aromatic carbocycles. The van der Waals surface area contributed by atoms with E-state index in [2.05, 4.69) is 39.2 Å². The number of nitrogens with one attached hydrogen (secondary N) is 1. The molecule has 0 saturated carbocycles. The summed E-state index contributed by atoms with van der Waals surface area (Å²) in [4.78, 5) is 39.8. The van der Waals surface area contributed by atoms with Crippen LogP contribution in [0, 0.1) is 11.7 Å². The number of anilines is 1. The molecule has 1 aliphatic heterocycles. The van der Waals surface area contributed by atoms with Gasteiger partial charge in [-0.3, -0.25) is 9.59 Å². The van der Waals surface area contributed by atoms with E-state index in [9.17, 15) is 14.0 Å². The maximum Gasteiger partial charge on any atom is 0.235 e. The minimum absolute atomic E-state index is 0.138. The first kappa shape index (κ1) is 23.7. The molecule has 3 aromatic heterocycles. The van der Waals surface area contributed by atoms with Gasteiger partial charge in [0, 0.05) is 23.7 Å². The van der Waals surface area contributed by atoms with Gasteiger partial charge in [-0.25, -0.2) is 24.0 Å². The van der Waals surface area contributed by atoms with Crippen molar-refractivity contribution in [3.05, 3.63) is 65.2 Å². The molecule has 1 amide bonds. The lowest BCUT2D eigenvalue weighted by atomic mass is 9.84. The number of pyridine rings is 1. The smallest absolute Gasteiger partial charge is 0.235 e. The van der Waals surface area contributed by atoms with Crippen LogP contribution in [0.5, 0.6) is 0 Å². The molecule has 1 aliphatic rings. The highest BCUT2D eigenvalue weighted by molar-refractivity contribution is 6.09. The minimum atomic E-state index is -0.940. The maximum atomic E-state index is 14.4. The fourth-order valence-corrected chi connectivity index (χ4v) is 4.44. The van der Waals surface area contributed by atoms with Crippen LogP contribution in [0.4, 0.5) is 10.2 Å². The van der Waals surface area contributed by atoms with Crippen LogP contribution in [0.2, 0.25) is 0 Å². The van der Waals surface area contributed by atoms with Gasteiger partial charge in [-0.15, -0.1) is 0 Å². The average molecular weight is 487 g/mol. The predicted octanol–water partition coefficient (Wildman–Crippen LogP) is 4.92. The summed E-state index contributed by atoms with van der Waals surface area (Å²) in [5.41, 5.74) is 1.22. The third-order valence-corrected chi connectivity index (χ3v) is 6.54. The number of hydrogen-bond acceptors (Lipinski definition) is 6. The van der Waals surface area contributed by atoms with E-state index in [1.165, 1.54) is 6.07 Å². The Morgan fingerprint density at radius 2 is 1.92 bits per heavy atom. The van der Waals surface area contributed by atoms with Crippen LogP contribution in [0.25, 0.3) is 22.6 Å². The number of fused-ring (bicyclic) bond motifs is 2. The summed E-state index contributed by atoms with van der Waals surface area (Å²) < 4.78 is 16.0. The number of Topliss-reactive ketones (excluding diaryl/α,β-unsaturated/α-hetero) is 1. The van der Waals surface area contributed by atoms with Crippen LogP contribution in [-0.2, 0) is 16.8 Å². The van der Waals surface area contributed by atoms with E-state index in [0.717, 1.165) is 0 Å². The van der Waals surface area contributed by atoms with Crippen molar-refractivity contribution in [3.8, 4) is 11.5 Å². The van der Waals surface area contributed by atoms with Crippen LogP contribution < -0.4 is 5.32 Å². The number of aromatic nitrogens is 5. The zero-order chi connectivity index (χ0) is 25.6. The lowest BCUT2D eigenvalue weighted by Crippen LogP contribution is -2.28. The standard InChI is InChI=1S/C27H27FN6O2/c1-15(2)11-12-19(35)22-20-23(32-26(36)27(20,3)4)31-24(30-22)21-17-9-7-13-29-25(17)34(33-21)14-16-8-5-6-10-18(16)28/h5-10,13,15H,11-12,14H2,1-4H3,(H,30,31,32,36). The lowest BCUT2D eigenvalue weighted by molar-refractivity contribution is -0.119. The van der Waals surface area contributed by atoms with Crippen molar-refractivity contribution in [1.82, 2.24) is 24.7 Å². The Bertz CT molecular complexity index is 1510. The number of benzene rings is 1. The Morgan fingerprint density at radius 3 is 2.67 bits per heavy atom. The summed E-state index contributed by atoms with van der Waals surface area (Å²) in [5.74, 6) is 0.170. The molecule has 9 heteroatoms. The summed E-state index contributed by atoms with van der Waals surface area (Å²) in [7, 11) is 0. The van der Waals surface area contributed by atoms with Gasteiger partial charge >= 0.3 is 0 Å². The Morgan fingerprint density at radius 1 is 1.14 bits per heavy atom. The number of carbonyl (C=O) groups is 2. The van der Waals surface area contributed by atoms with Gasteiger partial charge in [-0.1, -0.05) is 32.0 Å². The largest absolute Gasteiger partial charge is 0.310 e. The highest BCUT2D eigenvalue weighted by Gasteiger charge is 2.44. The highest BCUT2D eigenvalue weighted by Crippen LogP contribution is 2.40. The number of nitrogens with zero attached hydrogens (tertiary/aromatic N) is 5. The molecule has 0 bridgehead atoms. The Labute approximate surface area is 208 Å². The Kier molecular flexibility index (Phi) is 5.86. The number of halogens is 1. The second-order valence-corrected chi connectivity index (χ2v) is 10.0. The molecule has 184 valence electrons. The molecule has 0 radical (unpaired) electrons. The third kappa shape index (κ3) is 4.04. The van der Waals surface area contributed by atoms with Crippen LogP contribution in [0.1, 0.15) is 62.2 Å². The van der Waals surface area contributed by atoms with Crippen molar-refractivity contribution in [3.63, 3.8) is 0 Å². The molecular weight excluding hydrogens is 459 g/mol. The quantitative estimate of drug-likeness (QED) is 0.372. The van der Waals surface area contributed by atoms with Crippen molar-refractivity contribution < 1.29 is 14.0 Å². The second kappa shape index (κ2) is 8.89. The first-order valence-corrected chi connectivity index (χ1v) is 12.0. The maximum absolute atomic E-state index is 14.4. The molecule has 8 nitrogen and oxygen atoms in total. The molecule has 36 heavy (non-hydrogen) atoms. The van der Waals surface area contributed by atoms with Crippen molar-refractivity contribution >= 4 is 28.5 Å². The van der Waals surface area contributed by atoms with E-state index in [4.69, 9.17) is 0 Å². The molecule has 4 heterocycles. The lowest BCUT2D eigenvalue weighted by Gasteiger charge is -2.18. The third-order valence-electron chi connectivity index (χ3n) is 6.54. The molecule has 0 unspecified atom stereocenters. The van der Waals surface area contributed by atoms with Crippen molar-refractivity contribution in [1.29, 1.82) is 0 Å². The fraction of sp³-hybridized carbons (Fsp3) is 0.333. The van der Waals surface area contributed by atoms with Crippen LogP contribution in [0.3, 0.4) is 0 Å². The van der Waals surface area contributed by atoms with Gasteiger partial charge in [0.1, 0.15) is 23.0 Å². The molecule has 0 fully saturated rings. The summed E-state index contributed by atoms with van der Waals surface area (Å²) in [6.45, 7) is 7.80. The van der Waals surface area contributed by atoms with E-state index in [0.29, 0.717) is 52.4 Å². The monoisotopic (exact) mass is 486 g/mol. The van der Waals surface area contributed by atoms with Crippen LogP contribution in [-0.4, -0.2) is 36.4 Å². The summed E-state index contributed by atoms with van der Waals surface area (Å²) in [5, 5.41) is 8.17. The number of ketones is 1. The van der Waals surface area contributed by atoms with E-state index in [1.54, 1.807) is 49.0 Å². The Hall–Kier alpha value is -4.01. The topological polar surface area (TPSA) is 103 Å². The normalized spacial score (nSPS) is 14.3. The Balaban J connectivity index is 1.67. The van der Waals surface area contributed by atoms with Crippen molar-refractivity contribution in [2.75, 3.05) is 5.32 Å².